The van der Waals surface area contributed by atoms with Crippen molar-refractivity contribution in [2.24, 2.45) is 5.41 Å². The summed E-state index contributed by atoms with van der Waals surface area (Å²) >= 11 is 0. The lowest BCUT2D eigenvalue weighted by atomic mass is 9.94. The highest BCUT2D eigenvalue weighted by Crippen LogP contribution is 2.48. The zero-order chi connectivity index (χ0) is 12.3. The zero-order valence-electron chi connectivity index (χ0n) is 11.3. The van der Waals surface area contributed by atoms with E-state index >= 15 is 0 Å². The molecule has 0 aromatic carbocycles. The van der Waals surface area contributed by atoms with Crippen LogP contribution in [0.5, 0.6) is 0 Å². The maximum atomic E-state index is 4.57. The average Bonchev–Trinajstić information content (AvgIpc) is 3.09. The van der Waals surface area contributed by atoms with Gasteiger partial charge in [-0.15, -0.1) is 0 Å². The van der Waals surface area contributed by atoms with Crippen molar-refractivity contribution in [1.82, 2.24) is 10.3 Å². The number of rotatable bonds is 6. The van der Waals surface area contributed by atoms with Gasteiger partial charge in [0, 0.05) is 24.4 Å². The first kappa shape index (κ1) is 12.6. The first-order chi connectivity index (χ1) is 8.18. The number of aryl methyl sites for hydroxylation is 1. The van der Waals surface area contributed by atoms with Gasteiger partial charge in [-0.25, -0.2) is 0 Å². The molecule has 1 N–H and O–H groups in total. The molecule has 1 saturated carbocycles. The van der Waals surface area contributed by atoms with Crippen LogP contribution in [0.15, 0.2) is 18.3 Å². The van der Waals surface area contributed by atoms with Crippen LogP contribution in [0, 0.1) is 5.41 Å². The van der Waals surface area contributed by atoms with Crippen LogP contribution < -0.4 is 5.32 Å². The average molecular weight is 232 g/mol. The minimum atomic E-state index is 0.515. The molecule has 17 heavy (non-hydrogen) atoms. The van der Waals surface area contributed by atoms with Crippen molar-refractivity contribution >= 4 is 0 Å². The molecule has 1 aliphatic carbocycles. The van der Waals surface area contributed by atoms with E-state index < -0.39 is 0 Å². The monoisotopic (exact) mass is 232 g/mol. The molecule has 2 rings (SSSR count). The first-order valence-corrected chi connectivity index (χ1v) is 6.85. The Balaban J connectivity index is 2.01. The number of nitrogens with one attached hydrogen (secondary N) is 1. The fraction of sp³-hybridized carbons (Fsp3) is 0.667. The summed E-state index contributed by atoms with van der Waals surface area (Å²) in [7, 11) is 0. The van der Waals surface area contributed by atoms with Crippen LogP contribution in [0.4, 0.5) is 0 Å². The van der Waals surface area contributed by atoms with Crippen molar-refractivity contribution in [2.75, 3.05) is 6.54 Å². The Kier molecular flexibility index (Phi) is 3.82. The van der Waals surface area contributed by atoms with Crippen LogP contribution in [-0.4, -0.2) is 17.6 Å². The van der Waals surface area contributed by atoms with E-state index in [0.717, 1.165) is 19.4 Å². The molecule has 0 aliphatic heterocycles. The van der Waals surface area contributed by atoms with Gasteiger partial charge in [-0.1, -0.05) is 26.8 Å². The molecule has 1 aromatic heterocycles. The highest BCUT2D eigenvalue weighted by molar-refractivity contribution is 5.16. The molecule has 1 aliphatic rings. The van der Waals surface area contributed by atoms with Crippen LogP contribution >= 0.6 is 0 Å². The number of nitrogens with zero attached hydrogens (tertiary/aromatic N) is 1. The molecule has 1 aromatic rings. The summed E-state index contributed by atoms with van der Waals surface area (Å²) < 4.78 is 0. The van der Waals surface area contributed by atoms with E-state index in [0.29, 0.717) is 11.5 Å². The fourth-order valence-electron chi connectivity index (χ4n) is 2.35. The van der Waals surface area contributed by atoms with Gasteiger partial charge < -0.3 is 5.32 Å². The van der Waals surface area contributed by atoms with Gasteiger partial charge in [0.05, 0.1) is 0 Å². The van der Waals surface area contributed by atoms with Gasteiger partial charge in [0.1, 0.15) is 0 Å². The summed E-state index contributed by atoms with van der Waals surface area (Å²) in [5.74, 6) is 0. The third kappa shape index (κ3) is 3.06. The van der Waals surface area contributed by atoms with Gasteiger partial charge in [-0.2, -0.15) is 0 Å². The molecule has 2 nitrogen and oxygen atoms in total. The molecule has 1 atom stereocenters. The molecule has 0 spiro atoms. The van der Waals surface area contributed by atoms with E-state index in [-0.39, 0.29) is 0 Å². The quantitative estimate of drug-likeness (QED) is 0.815. The molecule has 0 saturated heterocycles. The Hall–Kier alpha value is -0.890. The summed E-state index contributed by atoms with van der Waals surface area (Å²) in [4.78, 5) is 4.57. The Bertz CT molecular complexity index is 352. The van der Waals surface area contributed by atoms with Gasteiger partial charge in [0.2, 0.25) is 0 Å². The third-order valence-electron chi connectivity index (χ3n) is 4.04. The molecular weight excluding hydrogens is 208 g/mol. The summed E-state index contributed by atoms with van der Waals surface area (Å²) in [5.41, 5.74) is 3.06. The lowest BCUT2D eigenvalue weighted by molar-refractivity contribution is 0.358. The first-order valence-electron chi connectivity index (χ1n) is 6.85. The zero-order valence-corrected chi connectivity index (χ0v) is 11.3. The van der Waals surface area contributed by atoms with Crippen LogP contribution in [0.25, 0.3) is 0 Å². The number of hydrogen-bond acceptors (Lipinski definition) is 2. The Morgan fingerprint density at radius 3 is 2.59 bits per heavy atom. The largest absolute Gasteiger partial charge is 0.313 e. The molecule has 94 valence electrons. The van der Waals surface area contributed by atoms with Crippen LogP contribution in [-0.2, 0) is 12.8 Å². The molecular formula is C15H24N2. The van der Waals surface area contributed by atoms with Crippen molar-refractivity contribution < 1.29 is 0 Å². The van der Waals surface area contributed by atoms with E-state index in [1.165, 1.54) is 24.1 Å². The van der Waals surface area contributed by atoms with Crippen molar-refractivity contribution in [3.63, 3.8) is 0 Å². The highest BCUT2D eigenvalue weighted by Gasteiger charge is 2.44. The van der Waals surface area contributed by atoms with Crippen LogP contribution in [0.2, 0.25) is 0 Å². The number of likely N-dealkylation sites (N-methyl/N-ethyl adjacent to an activating group) is 1. The highest BCUT2D eigenvalue weighted by atomic mass is 14.9. The Labute approximate surface area is 105 Å². The fourth-order valence-corrected chi connectivity index (χ4v) is 2.35. The van der Waals surface area contributed by atoms with Gasteiger partial charge in [0.25, 0.3) is 0 Å². The SMILES string of the molecule is CCNC(Cc1ccc(CC)cn1)C1(C)CC1. The van der Waals surface area contributed by atoms with E-state index in [4.69, 9.17) is 0 Å². The predicted octanol–water partition coefficient (Wildman–Crippen LogP) is 2.96. The molecule has 1 heterocycles. The second-order valence-corrected chi connectivity index (χ2v) is 5.48. The Morgan fingerprint density at radius 1 is 1.35 bits per heavy atom. The number of hydrogen-bond donors (Lipinski definition) is 1. The molecule has 1 unspecified atom stereocenters. The van der Waals surface area contributed by atoms with E-state index in [9.17, 15) is 0 Å². The molecule has 1 fully saturated rings. The van der Waals surface area contributed by atoms with Crippen LogP contribution in [0.3, 0.4) is 0 Å². The number of aromatic nitrogens is 1. The van der Waals surface area contributed by atoms with Crippen molar-refractivity contribution in [3.8, 4) is 0 Å². The normalized spacial score (nSPS) is 19.0. The molecule has 0 radical (unpaired) electrons. The van der Waals surface area contributed by atoms with E-state index in [2.05, 4.69) is 43.2 Å². The van der Waals surface area contributed by atoms with E-state index in [1.54, 1.807) is 0 Å². The maximum absolute atomic E-state index is 4.57. The van der Waals surface area contributed by atoms with Crippen molar-refractivity contribution in [2.45, 2.75) is 52.5 Å². The minimum Gasteiger partial charge on any atom is -0.313 e. The van der Waals surface area contributed by atoms with Crippen molar-refractivity contribution in [1.29, 1.82) is 0 Å². The third-order valence-corrected chi connectivity index (χ3v) is 4.04. The summed E-state index contributed by atoms with van der Waals surface area (Å²) in [6.45, 7) is 7.80. The lowest BCUT2D eigenvalue weighted by Crippen LogP contribution is -2.38. The van der Waals surface area contributed by atoms with Crippen molar-refractivity contribution in [3.05, 3.63) is 29.6 Å². The second kappa shape index (κ2) is 5.18. The minimum absolute atomic E-state index is 0.515. The van der Waals surface area contributed by atoms with Gasteiger partial charge >= 0.3 is 0 Å². The lowest BCUT2D eigenvalue weighted by Gasteiger charge is -2.24. The predicted molar refractivity (Wildman–Crippen MR) is 72.1 cm³/mol. The molecule has 0 amide bonds. The van der Waals surface area contributed by atoms with Crippen LogP contribution in [0.1, 0.15) is 44.9 Å². The number of pyridine rings is 1. The van der Waals surface area contributed by atoms with Gasteiger partial charge in [-0.3, -0.25) is 4.98 Å². The summed E-state index contributed by atoms with van der Waals surface area (Å²) in [5, 5.41) is 3.62. The van der Waals surface area contributed by atoms with Gasteiger partial charge in [-0.05, 0) is 42.9 Å². The standard InChI is InChI=1S/C15H24N2/c1-4-12-6-7-13(17-11-12)10-14(16-5-2)15(3)8-9-15/h6-7,11,14,16H,4-5,8-10H2,1-3H3. The smallest absolute Gasteiger partial charge is 0.0419 e. The topological polar surface area (TPSA) is 24.9 Å². The Morgan fingerprint density at radius 2 is 2.12 bits per heavy atom. The summed E-state index contributed by atoms with van der Waals surface area (Å²) in [6, 6.07) is 4.99. The maximum Gasteiger partial charge on any atom is 0.0419 e. The molecule has 2 heteroatoms. The van der Waals surface area contributed by atoms with E-state index in [1.807, 2.05) is 6.20 Å². The summed E-state index contributed by atoms with van der Waals surface area (Å²) in [6.07, 6.45) is 6.87. The second-order valence-electron chi connectivity index (χ2n) is 5.48. The molecule has 0 bridgehead atoms. The van der Waals surface area contributed by atoms with Gasteiger partial charge in [0.15, 0.2) is 0 Å².